The Bertz CT molecular complexity index is 297. The van der Waals surface area contributed by atoms with Crippen molar-refractivity contribution in [1.82, 2.24) is 4.90 Å². The molecule has 3 nitrogen and oxygen atoms in total. The van der Waals surface area contributed by atoms with Crippen molar-refractivity contribution in [3.05, 3.63) is 0 Å². The molecule has 1 aliphatic carbocycles. The van der Waals surface area contributed by atoms with Crippen molar-refractivity contribution in [2.45, 2.75) is 77.4 Å². The summed E-state index contributed by atoms with van der Waals surface area (Å²) in [4.78, 5) is 2.57. The minimum absolute atomic E-state index is 0.207. The van der Waals surface area contributed by atoms with Gasteiger partial charge in [0.25, 0.3) is 0 Å². The Morgan fingerprint density at radius 3 is 2.55 bits per heavy atom. The molecule has 1 spiro atoms. The van der Waals surface area contributed by atoms with E-state index in [2.05, 4.69) is 25.7 Å². The Morgan fingerprint density at radius 2 is 1.95 bits per heavy atom. The van der Waals surface area contributed by atoms with Crippen LogP contribution in [0.4, 0.5) is 0 Å². The summed E-state index contributed by atoms with van der Waals surface area (Å²) in [5, 5.41) is 0. The lowest BCUT2D eigenvalue weighted by Crippen LogP contribution is -2.43. The van der Waals surface area contributed by atoms with Gasteiger partial charge < -0.3 is 15.4 Å². The van der Waals surface area contributed by atoms with Crippen molar-refractivity contribution < 1.29 is 4.74 Å². The summed E-state index contributed by atoms with van der Waals surface area (Å²) in [5.41, 5.74) is 6.37. The zero-order valence-electron chi connectivity index (χ0n) is 13.8. The molecule has 1 unspecified atom stereocenters. The van der Waals surface area contributed by atoms with E-state index in [1.807, 2.05) is 0 Å². The molecular weight excluding hydrogens is 248 g/mol. The van der Waals surface area contributed by atoms with Gasteiger partial charge in [-0.15, -0.1) is 0 Å². The number of rotatable bonds is 7. The van der Waals surface area contributed by atoms with Crippen LogP contribution >= 0.6 is 0 Å². The van der Waals surface area contributed by atoms with Gasteiger partial charge >= 0.3 is 0 Å². The Hall–Kier alpha value is -0.120. The molecule has 20 heavy (non-hydrogen) atoms. The highest BCUT2D eigenvalue weighted by molar-refractivity contribution is 4.93. The average molecular weight is 282 g/mol. The standard InChI is InChI=1S/C17H34N2O/c1-4-11-19(14-16(2,3)13-18)12-15-7-10-17(20-15)8-5-6-9-17/h15H,4-14,18H2,1-3H3. The van der Waals surface area contributed by atoms with Gasteiger partial charge in [-0.1, -0.05) is 33.6 Å². The lowest BCUT2D eigenvalue weighted by atomic mass is 9.92. The summed E-state index contributed by atoms with van der Waals surface area (Å²) < 4.78 is 6.46. The van der Waals surface area contributed by atoms with Crippen LogP contribution in [-0.4, -0.2) is 42.8 Å². The highest BCUT2D eigenvalue weighted by Gasteiger charge is 2.42. The summed E-state index contributed by atoms with van der Waals surface area (Å²) in [6.07, 6.45) is 9.53. The molecule has 0 radical (unpaired) electrons. The maximum Gasteiger partial charge on any atom is 0.0710 e. The summed E-state index contributed by atoms with van der Waals surface area (Å²) in [6, 6.07) is 0. The van der Waals surface area contributed by atoms with Crippen molar-refractivity contribution in [3.63, 3.8) is 0 Å². The molecule has 0 bridgehead atoms. The first-order valence-electron chi connectivity index (χ1n) is 8.59. The minimum atomic E-state index is 0.207. The molecule has 1 saturated carbocycles. The molecule has 1 atom stereocenters. The van der Waals surface area contributed by atoms with Crippen LogP contribution < -0.4 is 5.73 Å². The fourth-order valence-electron chi connectivity index (χ4n) is 3.92. The zero-order valence-corrected chi connectivity index (χ0v) is 13.8. The van der Waals surface area contributed by atoms with E-state index in [4.69, 9.17) is 10.5 Å². The number of hydrogen-bond acceptors (Lipinski definition) is 3. The van der Waals surface area contributed by atoms with Gasteiger partial charge in [0.05, 0.1) is 11.7 Å². The highest BCUT2D eigenvalue weighted by Crippen LogP contribution is 2.43. The molecule has 3 heteroatoms. The first-order chi connectivity index (χ1) is 9.49. The van der Waals surface area contributed by atoms with Crippen molar-refractivity contribution in [3.8, 4) is 0 Å². The summed E-state index contributed by atoms with van der Waals surface area (Å²) in [7, 11) is 0. The topological polar surface area (TPSA) is 38.5 Å². The van der Waals surface area contributed by atoms with Gasteiger partial charge in [0, 0.05) is 13.1 Å². The lowest BCUT2D eigenvalue weighted by molar-refractivity contribution is -0.0497. The van der Waals surface area contributed by atoms with Crippen LogP contribution in [0, 0.1) is 5.41 Å². The molecule has 0 aromatic rings. The smallest absolute Gasteiger partial charge is 0.0710 e. The van der Waals surface area contributed by atoms with E-state index in [1.54, 1.807) is 0 Å². The molecule has 0 aromatic carbocycles. The zero-order chi connectivity index (χ0) is 14.6. The summed E-state index contributed by atoms with van der Waals surface area (Å²) in [5.74, 6) is 0. The van der Waals surface area contributed by atoms with E-state index < -0.39 is 0 Å². The fourth-order valence-corrected chi connectivity index (χ4v) is 3.92. The molecule has 118 valence electrons. The van der Waals surface area contributed by atoms with Gasteiger partial charge in [0.2, 0.25) is 0 Å². The van der Waals surface area contributed by atoms with Crippen molar-refractivity contribution >= 4 is 0 Å². The second kappa shape index (κ2) is 6.76. The Balaban J connectivity index is 1.85. The molecular formula is C17H34N2O. The van der Waals surface area contributed by atoms with Crippen LogP contribution in [0.25, 0.3) is 0 Å². The van der Waals surface area contributed by atoms with Crippen molar-refractivity contribution in [2.24, 2.45) is 11.1 Å². The van der Waals surface area contributed by atoms with Crippen molar-refractivity contribution in [1.29, 1.82) is 0 Å². The quantitative estimate of drug-likeness (QED) is 0.779. The number of ether oxygens (including phenoxy) is 1. The summed E-state index contributed by atoms with van der Waals surface area (Å²) in [6.45, 7) is 10.9. The Morgan fingerprint density at radius 1 is 1.25 bits per heavy atom. The SMILES string of the molecule is CCCN(CC1CCC2(CCCC2)O1)CC(C)(C)CN. The van der Waals surface area contributed by atoms with Gasteiger partial charge in [-0.3, -0.25) is 0 Å². The number of nitrogens with two attached hydrogens (primary N) is 1. The van der Waals surface area contributed by atoms with Gasteiger partial charge in [-0.2, -0.15) is 0 Å². The third-order valence-corrected chi connectivity index (χ3v) is 5.06. The molecule has 0 aromatic heterocycles. The van der Waals surface area contributed by atoms with Crippen LogP contribution in [0.2, 0.25) is 0 Å². The lowest BCUT2D eigenvalue weighted by Gasteiger charge is -2.33. The molecule has 0 amide bonds. The van der Waals surface area contributed by atoms with Crippen LogP contribution in [0.1, 0.15) is 65.7 Å². The molecule has 2 fully saturated rings. The monoisotopic (exact) mass is 282 g/mol. The van der Waals surface area contributed by atoms with Crippen LogP contribution in [0.3, 0.4) is 0 Å². The van der Waals surface area contributed by atoms with E-state index in [9.17, 15) is 0 Å². The first-order valence-corrected chi connectivity index (χ1v) is 8.59. The largest absolute Gasteiger partial charge is 0.370 e. The predicted octanol–water partition coefficient (Wildman–Crippen LogP) is 3.18. The Kier molecular flexibility index (Phi) is 5.49. The van der Waals surface area contributed by atoms with Crippen LogP contribution in [-0.2, 0) is 4.74 Å². The predicted molar refractivity (Wildman–Crippen MR) is 84.9 cm³/mol. The number of hydrogen-bond donors (Lipinski definition) is 1. The van der Waals surface area contributed by atoms with E-state index in [1.165, 1.54) is 44.9 Å². The van der Waals surface area contributed by atoms with E-state index >= 15 is 0 Å². The Labute approximate surface area is 125 Å². The molecule has 2 aliphatic rings. The average Bonchev–Trinajstić information content (AvgIpc) is 3.00. The molecule has 1 aliphatic heterocycles. The molecule has 2 rings (SSSR count). The fraction of sp³-hybridized carbons (Fsp3) is 1.00. The van der Waals surface area contributed by atoms with Gasteiger partial charge in [-0.25, -0.2) is 0 Å². The number of nitrogens with zero attached hydrogens (tertiary/aromatic N) is 1. The van der Waals surface area contributed by atoms with E-state index in [0.29, 0.717) is 6.10 Å². The van der Waals surface area contributed by atoms with Gasteiger partial charge in [-0.05, 0) is 50.6 Å². The maximum absolute atomic E-state index is 6.46. The van der Waals surface area contributed by atoms with Gasteiger partial charge in [0.1, 0.15) is 0 Å². The highest BCUT2D eigenvalue weighted by atomic mass is 16.5. The third-order valence-electron chi connectivity index (χ3n) is 5.06. The summed E-state index contributed by atoms with van der Waals surface area (Å²) >= 11 is 0. The van der Waals surface area contributed by atoms with Gasteiger partial charge in [0.15, 0.2) is 0 Å². The molecule has 2 N–H and O–H groups in total. The second-order valence-corrected chi connectivity index (χ2v) is 7.77. The minimum Gasteiger partial charge on any atom is -0.370 e. The van der Waals surface area contributed by atoms with Crippen LogP contribution in [0.5, 0.6) is 0 Å². The van der Waals surface area contributed by atoms with Crippen molar-refractivity contribution in [2.75, 3.05) is 26.2 Å². The van der Waals surface area contributed by atoms with E-state index in [0.717, 1.165) is 26.2 Å². The van der Waals surface area contributed by atoms with Crippen LogP contribution in [0.15, 0.2) is 0 Å². The first kappa shape index (κ1) is 16.3. The maximum atomic E-state index is 6.46. The second-order valence-electron chi connectivity index (χ2n) is 7.77. The third kappa shape index (κ3) is 4.19. The molecule has 1 heterocycles. The normalized spacial score (nSPS) is 25.9. The van der Waals surface area contributed by atoms with E-state index in [-0.39, 0.29) is 11.0 Å². The molecule has 1 saturated heterocycles.